The van der Waals surface area contributed by atoms with Crippen LogP contribution >= 0.6 is 0 Å². The minimum absolute atomic E-state index is 0.220. The molecule has 1 aromatic heterocycles. The Morgan fingerprint density at radius 1 is 1.24 bits per heavy atom. The van der Waals surface area contributed by atoms with Gasteiger partial charge in [-0.15, -0.1) is 0 Å². The van der Waals surface area contributed by atoms with E-state index >= 15 is 0 Å². The van der Waals surface area contributed by atoms with Gasteiger partial charge >= 0.3 is 0 Å². The molecule has 1 N–H and O–H groups in total. The Labute approximate surface area is 125 Å². The van der Waals surface area contributed by atoms with E-state index in [0.29, 0.717) is 18.8 Å². The topological polar surface area (TPSA) is 68.5 Å². The van der Waals surface area contributed by atoms with Gasteiger partial charge in [-0.3, -0.25) is 0 Å². The van der Waals surface area contributed by atoms with Crippen LogP contribution in [0.5, 0.6) is 5.75 Å². The molecule has 1 atom stereocenters. The van der Waals surface area contributed by atoms with E-state index in [-0.39, 0.29) is 10.9 Å². The Morgan fingerprint density at radius 3 is 2.52 bits per heavy atom. The number of benzene rings is 1. The van der Waals surface area contributed by atoms with Crippen LogP contribution in [0, 0.1) is 0 Å². The number of hydrogen-bond donors (Lipinski definition) is 1. The first-order chi connectivity index (χ1) is 10.0. The average Bonchev–Trinajstić information content (AvgIpc) is 2.92. The van der Waals surface area contributed by atoms with Gasteiger partial charge in [0.2, 0.25) is 10.0 Å². The van der Waals surface area contributed by atoms with Crippen molar-refractivity contribution in [3.05, 3.63) is 48.4 Å². The molecule has 5 nitrogen and oxygen atoms in total. The molecular formula is C15H19NO4S. The van der Waals surface area contributed by atoms with Gasteiger partial charge < -0.3 is 9.15 Å². The Morgan fingerprint density at radius 2 is 1.95 bits per heavy atom. The van der Waals surface area contributed by atoms with E-state index in [1.165, 1.54) is 12.1 Å². The molecule has 0 amide bonds. The van der Waals surface area contributed by atoms with Crippen molar-refractivity contribution >= 4 is 10.0 Å². The average molecular weight is 309 g/mol. The minimum atomic E-state index is -3.54. The van der Waals surface area contributed by atoms with Gasteiger partial charge in [0.05, 0.1) is 17.8 Å². The zero-order valence-corrected chi connectivity index (χ0v) is 12.9. The van der Waals surface area contributed by atoms with Gasteiger partial charge in [-0.05, 0) is 50.2 Å². The van der Waals surface area contributed by atoms with E-state index in [1.807, 2.05) is 13.0 Å². The highest BCUT2D eigenvalue weighted by Gasteiger charge is 2.18. The van der Waals surface area contributed by atoms with Gasteiger partial charge in [-0.25, -0.2) is 13.1 Å². The maximum atomic E-state index is 12.3. The number of furan rings is 1. The first kappa shape index (κ1) is 15.6. The zero-order valence-electron chi connectivity index (χ0n) is 12.1. The summed E-state index contributed by atoms with van der Waals surface area (Å²) in [5.41, 5.74) is 0. The molecule has 6 heteroatoms. The van der Waals surface area contributed by atoms with Crippen LogP contribution in [0.2, 0.25) is 0 Å². The summed E-state index contributed by atoms with van der Waals surface area (Å²) in [6.45, 7) is 4.22. The smallest absolute Gasteiger partial charge is 0.240 e. The van der Waals surface area contributed by atoms with Gasteiger partial charge in [-0.1, -0.05) is 0 Å². The van der Waals surface area contributed by atoms with Crippen LogP contribution in [-0.2, 0) is 16.4 Å². The molecule has 0 radical (unpaired) electrons. The molecular weight excluding hydrogens is 290 g/mol. The van der Waals surface area contributed by atoms with Gasteiger partial charge in [0, 0.05) is 12.5 Å². The van der Waals surface area contributed by atoms with Gasteiger partial charge in [0.25, 0.3) is 0 Å². The van der Waals surface area contributed by atoms with Crippen LogP contribution in [0.25, 0.3) is 0 Å². The lowest BCUT2D eigenvalue weighted by molar-refractivity contribution is 0.340. The van der Waals surface area contributed by atoms with Crippen molar-refractivity contribution in [3.8, 4) is 5.75 Å². The molecule has 2 rings (SSSR count). The molecule has 0 unspecified atom stereocenters. The number of ether oxygens (including phenoxy) is 1. The molecule has 0 aliphatic heterocycles. The third-order valence-corrected chi connectivity index (χ3v) is 4.49. The second-order valence-electron chi connectivity index (χ2n) is 4.71. The van der Waals surface area contributed by atoms with Crippen LogP contribution in [0.1, 0.15) is 19.6 Å². The SMILES string of the molecule is CCOc1ccc(S(=O)(=O)N[C@@H](C)Cc2ccco2)cc1. The lowest BCUT2D eigenvalue weighted by atomic mass is 10.2. The summed E-state index contributed by atoms with van der Waals surface area (Å²) in [4.78, 5) is 0.220. The van der Waals surface area contributed by atoms with Crippen LogP contribution in [0.4, 0.5) is 0 Å². The number of hydrogen-bond acceptors (Lipinski definition) is 4. The minimum Gasteiger partial charge on any atom is -0.494 e. The molecule has 1 aromatic carbocycles. The molecule has 2 aromatic rings. The van der Waals surface area contributed by atoms with Crippen molar-refractivity contribution in [1.29, 1.82) is 0 Å². The third kappa shape index (κ3) is 4.34. The highest BCUT2D eigenvalue weighted by Crippen LogP contribution is 2.16. The quantitative estimate of drug-likeness (QED) is 0.853. The van der Waals surface area contributed by atoms with Crippen molar-refractivity contribution < 1.29 is 17.6 Å². The van der Waals surface area contributed by atoms with E-state index in [9.17, 15) is 8.42 Å². The van der Waals surface area contributed by atoms with Gasteiger partial charge in [-0.2, -0.15) is 0 Å². The molecule has 21 heavy (non-hydrogen) atoms. The monoisotopic (exact) mass is 309 g/mol. The summed E-state index contributed by atoms with van der Waals surface area (Å²) in [5.74, 6) is 1.40. The standard InChI is InChI=1S/C15H19NO4S/c1-3-19-13-6-8-15(9-7-13)21(17,18)16-12(2)11-14-5-4-10-20-14/h4-10,12,16H,3,11H2,1-2H3/t12-/m0/s1. The van der Waals surface area contributed by atoms with Crippen molar-refractivity contribution in [2.45, 2.75) is 31.2 Å². The van der Waals surface area contributed by atoms with Gasteiger partial charge in [0.15, 0.2) is 0 Å². The van der Waals surface area contributed by atoms with Crippen LogP contribution < -0.4 is 9.46 Å². The highest BCUT2D eigenvalue weighted by molar-refractivity contribution is 7.89. The predicted molar refractivity (Wildman–Crippen MR) is 79.8 cm³/mol. The van der Waals surface area contributed by atoms with Crippen LogP contribution in [0.3, 0.4) is 0 Å². The summed E-state index contributed by atoms with van der Waals surface area (Å²) < 4.78 is 37.7. The fourth-order valence-corrected chi connectivity index (χ4v) is 3.23. The maximum absolute atomic E-state index is 12.3. The molecule has 0 fully saturated rings. The van der Waals surface area contributed by atoms with Crippen molar-refractivity contribution in [2.24, 2.45) is 0 Å². The first-order valence-corrected chi connectivity index (χ1v) is 8.27. The second kappa shape index (κ2) is 6.78. The largest absolute Gasteiger partial charge is 0.494 e. The predicted octanol–water partition coefficient (Wildman–Crippen LogP) is 2.59. The van der Waals surface area contributed by atoms with E-state index in [2.05, 4.69) is 4.72 Å². The Hall–Kier alpha value is -1.79. The fraction of sp³-hybridized carbons (Fsp3) is 0.333. The molecule has 0 saturated heterocycles. The normalized spacial score (nSPS) is 13.0. The molecule has 0 bridgehead atoms. The highest BCUT2D eigenvalue weighted by atomic mass is 32.2. The Bertz CT molecular complexity index is 647. The molecule has 114 valence electrons. The van der Waals surface area contributed by atoms with E-state index in [1.54, 1.807) is 31.4 Å². The lowest BCUT2D eigenvalue weighted by Gasteiger charge is -2.13. The number of sulfonamides is 1. The van der Waals surface area contributed by atoms with E-state index < -0.39 is 10.0 Å². The summed E-state index contributed by atoms with van der Waals surface area (Å²) in [6, 6.07) is 9.71. The van der Waals surface area contributed by atoms with E-state index in [0.717, 1.165) is 5.76 Å². The number of rotatable bonds is 7. The number of nitrogens with one attached hydrogen (secondary N) is 1. The Kier molecular flexibility index (Phi) is 5.03. The summed E-state index contributed by atoms with van der Waals surface area (Å²) in [7, 11) is -3.54. The zero-order chi connectivity index (χ0) is 15.3. The summed E-state index contributed by atoms with van der Waals surface area (Å²) in [5, 5.41) is 0. The van der Waals surface area contributed by atoms with Crippen LogP contribution in [-0.4, -0.2) is 21.1 Å². The Balaban J connectivity index is 2.03. The van der Waals surface area contributed by atoms with Crippen molar-refractivity contribution in [3.63, 3.8) is 0 Å². The molecule has 0 aliphatic carbocycles. The summed E-state index contributed by atoms with van der Waals surface area (Å²) >= 11 is 0. The molecule has 0 spiro atoms. The molecule has 0 aliphatic rings. The third-order valence-electron chi connectivity index (χ3n) is 2.89. The van der Waals surface area contributed by atoms with Crippen LogP contribution in [0.15, 0.2) is 52.0 Å². The lowest BCUT2D eigenvalue weighted by Crippen LogP contribution is -2.34. The van der Waals surface area contributed by atoms with E-state index in [4.69, 9.17) is 9.15 Å². The fourth-order valence-electron chi connectivity index (χ4n) is 1.99. The van der Waals surface area contributed by atoms with Crippen molar-refractivity contribution in [2.75, 3.05) is 6.61 Å². The van der Waals surface area contributed by atoms with Crippen molar-refractivity contribution in [1.82, 2.24) is 4.72 Å². The molecule has 0 saturated carbocycles. The second-order valence-corrected chi connectivity index (χ2v) is 6.42. The first-order valence-electron chi connectivity index (χ1n) is 6.79. The maximum Gasteiger partial charge on any atom is 0.240 e. The summed E-state index contributed by atoms with van der Waals surface area (Å²) in [6.07, 6.45) is 2.08. The molecule has 1 heterocycles. The van der Waals surface area contributed by atoms with Gasteiger partial charge in [0.1, 0.15) is 11.5 Å².